The van der Waals surface area contributed by atoms with Crippen molar-refractivity contribution < 1.29 is 0 Å². The number of benzene rings is 1. The highest BCUT2D eigenvalue weighted by molar-refractivity contribution is 6.42. The molecule has 0 aliphatic heterocycles. The van der Waals surface area contributed by atoms with Crippen LogP contribution >= 0.6 is 23.2 Å². The first-order valence-corrected chi connectivity index (χ1v) is 5.99. The van der Waals surface area contributed by atoms with Gasteiger partial charge in [0.05, 0.1) is 10.0 Å². The molecule has 0 bridgehead atoms. The van der Waals surface area contributed by atoms with E-state index in [0.29, 0.717) is 15.5 Å². The first kappa shape index (κ1) is 11.3. The minimum Gasteiger partial charge on any atom is -0.327 e. The van der Waals surface area contributed by atoms with Crippen molar-refractivity contribution in [2.45, 2.75) is 32.2 Å². The van der Waals surface area contributed by atoms with E-state index in [-0.39, 0.29) is 6.04 Å². The van der Waals surface area contributed by atoms with E-state index in [1.54, 1.807) is 0 Å². The van der Waals surface area contributed by atoms with E-state index in [0.717, 1.165) is 6.42 Å². The molecular weight excluding hydrogens is 229 g/mol. The van der Waals surface area contributed by atoms with Crippen LogP contribution in [-0.2, 0) is 6.42 Å². The number of rotatable bonds is 3. The number of hydrogen-bond acceptors (Lipinski definition) is 1. The second-order valence-electron chi connectivity index (χ2n) is 4.58. The van der Waals surface area contributed by atoms with Crippen molar-refractivity contribution in [1.29, 1.82) is 0 Å². The van der Waals surface area contributed by atoms with Crippen LogP contribution in [0.15, 0.2) is 18.2 Å². The molecule has 1 saturated carbocycles. The van der Waals surface area contributed by atoms with Crippen LogP contribution < -0.4 is 5.73 Å². The average Bonchev–Trinajstić information content (AvgIpc) is 2.93. The van der Waals surface area contributed by atoms with E-state index >= 15 is 0 Å². The monoisotopic (exact) mass is 243 g/mol. The average molecular weight is 244 g/mol. The SMILES string of the molecule is CC(N)C1(Cc2ccc(Cl)c(Cl)c2)CC1. The Hall–Kier alpha value is -0.240. The molecule has 0 aromatic heterocycles. The van der Waals surface area contributed by atoms with Crippen LogP contribution in [0.2, 0.25) is 10.0 Å². The Morgan fingerprint density at radius 3 is 2.47 bits per heavy atom. The lowest BCUT2D eigenvalue weighted by molar-refractivity contribution is 0.418. The zero-order valence-corrected chi connectivity index (χ0v) is 10.3. The van der Waals surface area contributed by atoms with Gasteiger partial charge in [-0.1, -0.05) is 29.3 Å². The fourth-order valence-electron chi connectivity index (χ4n) is 2.01. The van der Waals surface area contributed by atoms with Gasteiger partial charge in [0.15, 0.2) is 0 Å². The fraction of sp³-hybridized carbons (Fsp3) is 0.500. The predicted octanol–water partition coefficient (Wildman–Crippen LogP) is 3.66. The highest BCUT2D eigenvalue weighted by Crippen LogP contribution is 2.50. The van der Waals surface area contributed by atoms with Crippen LogP contribution in [-0.4, -0.2) is 6.04 Å². The normalized spacial score (nSPS) is 20.0. The molecule has 1 unspecified atom stereocenters. The summed E-state index contributed by atoms with van der Waals surface area (Å²) in [6.45, 7) is 2.09. The van der Waals surface area contributed by atoms with Crippen LogP contribution in [0.25, 0.3) is 0 Å². The molecule has 1 aliphatic rings. The minimum absolute atomic E-state index is 0.256. The Kier molecular flexibility index (Phi) is 2.98. The summed E-state index contributed by atoms with van der Waals surface area (Å²) < 4.78 is 0. The van der Waals surface area contributed by atoms with Gasteiger partial charge in [-0.05, 0) is 49.3 Å². The third kappa shape index (κ3) is 2.30. The van der Waals surface area contributed by atoms with Gasteiger partial charge in [0.25, 0.3) is 0 Å². The summed E-state index contributed by atoms with van der Waals surface area (Å²) >= 11 is 11.9. The van der Waals surface area contributed by atoms with E-state index in [9.17, 15) is 0 Å². The lowest BCUT2D eigenvalue weighted by Gasteiger charge is -2.19. The summed E-state index contributed by atoms with van der Waals surface area (Å²) in [6.07, 6.45) is 3.47. The van der Waals surface area contributed by atoms with Crippen LogP contribution in [0, 0.1) is 5.41 Å². The molecule has 0 saturated heterocycles. The van der Waals surface area contributed by atoms with Crippen molar-refractivity contribution in [3.63, 3.8) is 0 Å². The van der Waals surface area contributed by atoms with Gasteiger partial charge >= 0.3 is 0 Å². The Bertz CT molecular complexity index is 370. The van der Waals surface area contributed by atoms with Gasteiger partial charge in [0.1, 0.15) is 0 Å². The quantitative estimate of drug-likeness (QED) is 0.862. The Balaban J connectivity index is 2.15. The molecule has 1 atom stereocenters. The Morgan fingerprint density at radius 1 is 1.33 bits per heavy atom. The van der Waals surface area contributed by atoms with Gasteiger partial charge in [-0.3, -0.25) is 0 Å². The van der Waals surface area contributed by atoms with E-state index in [1.807, 2.05) is 18.2 Å². The first-order chi connectivity index (χ1) is 7.03. The molecule has 3 heteroatoms. The lowest BCUT2D eigenvalue weighted by atomic mass is 9.90. The summed E-state index contributed by atoms with van der Waals surface area (Å²) in [5.74, 6) is 0. The van der Waals surface area contributed by atoms with E-state index in [1.165, 1.54) is 18.4 Å². The van der Waals surface area contributed by atoms with Crippen molar-refractivity contribution >= 4 is 23.2 Å². The molecule has 1 nitrogen and oxygen atoms in total. The van der Waals surface area contributed by atoms with Gasteiger partial charge in [0, 0.05) is 6.04 Å². The van der Waals surface area contributed by atoms with Crippen molar-refractivity contribution in [3.05, 3.63) is 33.8 Å². The second-order valence-corrected chi connectivity index (χ2v) is 5.39. The second kappa shape index (κ2) is 3.97. The molecule has 1 aromatic rings. The molecular formula is C12H15Cl2N. The third-order valence-corrected chi connectivity index (χ3v) is 4.14. The molecule has 1 aliphatic carbocycles. The molecule has 15 heavy (non-hydrogen) atoms. The highest BCUT2D eigenvalue weighted by Gasteiger charge is 2.45. The van der Waals surface area contributed by atoms with Crippen LogP contribution in [0.4, 0.5) is 0 Å². The largest absolute Gasteiger partial charge is 0.327 e. The molecule has 2 N–H and O–H groups in total. The molecule has 0 spiro atoms. The van der Waals surface area contributed by atoms with Crippen LogP contribution in [0.5, 0.6) is 0 Å². The zero-order valence-electron chi connectivity index (χ0n) is 8.76. The zero-order chi connectivity index (χ0) is 11.1. The van der Waals surface area contributed by atoms with Crippen molar-refractivity contribution in [1.82, 2.24) is 0 Å². The molecule has 1 fully saturated rings. The summed E-state index contributed by atoms with van der Waals surface area (Å²) in [5, 5.41) is 1.25. The van der Waals surface area contributed by atoms with Crippen molar-refractivity contribution in [2.75, 3.05) is 0 Å². The van der Waals surface area contributed by atoms with E-state index in [2.05, 4.69) is 6.92 Å². The molecule has 0 amide bonds. The van der Waals surface area contributed by atoms with Crippen molar-refractivity contribution in [3.8, 4) is 0 Å². The smallest absolute Gasteiger partial charge is 0.0595 e. The van der Waals surface area contributed by atoms with Gasteiger partial charge in [-0.2, -0.15) is 0 Å². The molecule has 1 aromatic carbocycles. The summed E-state index contributed by atoms with van der Waals surface area (Å²) in [7, 11) is 0. The molecule has 82 valence electrons. The standard InChI is InChI=1S/C12H15Cl2N/c1-8(15)12(4-5-12)7-9-2-3-10(13)11(14)6-9/h2-3,6,8H,4-5,7,15H2,1H3. The van der Waals surface area contributed by atoms with Crippen LogP contribution in [0.3, 0.4) is 0 Å². The third-order valence-electron chi connectivity index (χ3n) is 3.40. The van der Waals surface area contributed by atoms with Crippen molar-refractivity contribution in [2.24, 2.45) is 11.1 Å². The molecule has 0 heterocycles. The maximum Gasteiger partial charge on any atom is 0.0595 e. The minimum atomic E-state index is 0.256. The van der Waals surface area contributed by atoms with Gasteiger partial charge < -0.3 is 5.73 Å². The van der Waals surface area contributed by atoms with Gasteiger partial charge in [-0.25, -0.2) is 0 Å². The number of nitrogens with two attached hydrogens (primary N) is 1. The first-order valence-electron chi connectivity index (χ1n) is 5.23. The van der Waals surface area contributed by atoms with Crippen LogP contribution in [0.1, 0.15) is 25.3 Å². The topological polar surface area (TPSA) is 26.0 Å². The Labute approximate surface area is 101 Å². The molecule has 0 radical (unpaired) electrons. The lowest BCUT2D eigenvalue weighted by Crippen LogP contribution is -2.29. The summed E-state index contributed by atoms with van der Waals surface area (Å²) in [6, 6.07) is 6.10. The summed E-state index contributed by atoms with van der Waals surface area (Å²) in [4.78, 5) is 0. The van der Waals surface area contributed by atoms with E-state index < -0.39 is 0 Å². The predicted molar refractivity (Wildman–Crippen MR) is 65.5 cm³/mol. The molecule has 2 rings (SSSR count). The highest BCUT2D eigenvalue weighted by atomic mass is 35.5. The maximum atomic E-state index is 5.99. The number of hydrogen-bond donors (Lipinski definition) is 1. The summed E-state index contributed by atoms with van der Waals surface area (Å²) in [5.41, 5.74) is 7.54. The van der Waals surface area contributed by atoms with E-state index in [4.69, 9.17) is 28.9 Å². The fourth-order valence-corrected chi connectivity index (χ4v) is 2.33. The van der Waals surface area contributed by atoms with Gasteiger partial charge in [0.2, 0.25) is 0 Å². The Morgan fingerprint density at radius 2 is 2.00 bits per heavy atom. The van der Waals surface area contributed by atoms with Gasteiger partial charge in [-0.15, -0.1) is 0 Å². The number of halogens is 2. The maximum absolute atomic E-state index is 5.99.